The molecule has 0 bridgehead atoms. The number of esters is 1. The van der Waals surface area contributed by atoms with Gasteiger partial charge in [-0.1, -0.05) is 18.2 Å². The summed E-state index contributed by atoms with van der Waals surface area (Å²) < 4.78 is 4.93. The van der Waals surface area contributed by atoms with Crippen LogP contribution in [0.4, 0.5) is 0 Å². The van der Waals surface area contributed by atoms with Crippen molar-refractivity contribution in [3.63, 3.8) is 0 Å². The summed E-state index contributed by atoms with van der Waals surface area (Å²) in [6.07, 6.45) is 0. The standard InChI is InChI=1S/C12H10O3/c1-8(13)15-10-6-5-9-3-2-4-12(14)11(9)7-10/h2-7,14H,1H3. The minimum atomic E-state index is -0.371. The van der Waals surface area contributed by atoms with Gasteiger partial charge in [-0.05, 0) is 23.6 Å². The van der Waals surface area contributed by atoms with Gasteiger partial charge in [0.05, 0.1) is 0 Å². The molecular formula is C12H10O3. The first-order chi connectivity index (χ1) is 7.16. The van der Waals surface area contributed by atoms with Crippen molar-refractivity contribution in [2.24, 2.45) is 0 Å². The van der Waals surface area contributed by atoms with Crippen LogP contribution in [0, 0.1) is 0 Å². The zero-order chi connectivity index (χ0) is 10.8. The van der Waals surface area contributed by atoms with Crippen LogP contribution in [0.2, 0.25) is 0 Å². The summed E-state index contributed by atoms with van der Waals surface area (Å²) in [5, 5.41) is 11.2. The number of fused-ring (bicyclic) bond motifs is 1. The molecule has 2 aromatic carbocycles. The first kappa shape index (κ1) is 9.52. The van der Waals surface area contributed by atoms with E-state index in [4.69, 9.17) is 4.74 Å². The van der Waals surface area contributed by atoms with E-state index < -0.39 is 0 Å². The third kappa shape index (κ3) is 1.91. The van der Waals surface area contributed by atoms with E-state index in [0.29, 0.717) is 11.1 Å². The molecule has 0 saturated carbocycles. The molecule has 0 spiro atoms. The number of ether oxygens (including phenoxy) is 1. The van der Waals surface area contributed by atoms with Gasteiger partial charge in [0.2, 0.25) is 0 Å². The molecule has 3 nitrogen and oxygen atoms in total. The Balaban J connectivity index is 2.54. The van der Waals surface area contributed by atoms with Crippen LogP contribution in [-0.2, 0) is 4.79 Å². The summed E-state index contributed by atoms with van der Waals surface area (Å²) in [7, 11) is 0. The zero-order valence-electron chi connectivity index (χ0n) is 8.23. The monoisotopic (exact) mass is 202 g/mol. The number of rotatable bonds is 1. The van der Waals surface area contributed by atoms with Crippen molar-refractivity contribution >= 4 is 16.7 Å². The average Bonchev–Trinajstić information content (AvgIpc) is 2.18. The van der Waals surface area contributed by atoms with Crippen LogP contribution in [0.1, 0.15) is 6.92 Å². The quantitative estimate of drug-likeness (QED) is 0.570. The fourth-order valence-electron chi connectivity index (χ4n) is 1.46. The Bertz CT molecular complexity index is 517. The summed E-state index contributed by atoms with van der Waals surface area (Å²) in [6.45, 7) is 1.34. The third-order valence-electron chi connectivity index (χ3n) is 2.09. The van der Waals surface area contributed by atoms with E-state index in [1.54, 1.807) is 30.3 Å². The Hall–Kier alpha value is -2.03. The van der Waals surface area contributed by atoms with Crippen molar-refractivity contribution in [2.45, 2.75) is 6.92 Å². The zero-order valence-corrected chi connectivity index (χ0v) is 8.23. The topological polar surface area (TPSA) is 46.5 Å². The van der Waals surface area contributed by atoms with Gasteiger partial charge in [-0.15, -0.1) is 0 Å². The maximum Gasteiger partial charge on any atom is 0.308 e. The van der Waals surface area contributed by atoms with Crippen LogP contribution in [0.3, 0.4) is 0 Å². The highest BCUT2D eigenvalue weighted by molar-refractivity contribution is 5.89. The van der Waals surface area contributed by atoms with Crippen molar-refractivity contribution in [1.82, 2.24) is 0 Å². The highest BCUT2D eigenvalue weighted by atomic mass is 16.5. The Kier molecular flexibility index (Phi) is 2.29. The van der Waals surface area contributed by atoms with Crippen molar-refractivity contribution in [3.8, 4) is 11.5 Å². The molecule has 2 rings (SSSR count). The van der Waals surface area contributed by atoms with Crippen LogP contribution < -0.4 is 4.74 Å². The molecule has 0 heterocycles. The highest BCUT2D eigenvalue weighted by Gasteiger charge is 2.02. The predicted octanol–water partition coefficient (Wildman–Crippen LogP) is 2.47. The summed E-state index contributed by atoms with van der Waals surface area (Å²) in [5.74, 6) is 0.253. The van der Waals surface area contributed by atoms with Gasteiger partial charge < -0.3 is 9.84 Å². The molecule has 1 N–H and O–H groups in total. The number of carbonyl (C=O) groups is 1. The smallest absolute Gasteiger partial charge is 0.308 e. The SMILES string of the molecule is CC(=O)Oc1ccc2cccc(O)c2c1. The molecule has 0 aliphatic rings. The normalized spacial score (nSPS) is 10.2. The molecule has 15 heavy (non-hydrogen) atoms. The summed E-state index contributed by atoms with van der Waals surface area (Å²) in [6, 6.07) is 10.4. The molecule has 0 aromatic heterocycles. The fraction of sp³-hybridized carbons (Fsp3) is 0.0833. The molecule has 0 aliphatic carbocycles. The number of aromatic hydroxyl groups is 1. The Morgan fingerprint density at radius 3 is 2.80 bits per heavy atom. The lowest BCUT2D eigenvalue weighted by Crippen LogP contribution is -2.00. The number of phenolic OH excluding ortho intramolecular Hbond substituents is 1. The molecule has 0 aliphatic heterocycles. The van der Waals surface area contributed by atoms with E-state index in [-0.39, 0.29) is 11.7 Å². The molecule has 3 heteroatoms. The first-order valence-electron chi connectivity index (χ1n) is 4.57. The number of phenols is 1. The molecule has 0 atom stereocenters. The lowest BCUT2D eigenvalue weighted by Gasteiger charge is -2.04. The predicted molar refractivity (Wildman–Crippen MR) is 56.9 cm³/mol. The molecule has 0 saturated heterocycles. The van der Waals surface area contributed by atoms with Crippen molar-refractivity contribution in [1.29, 1.82) is 0 Å². The fourth-order valence-corrected chi connectivity index (χ4v) is 1.46. The van der Waals surface area contributed by atoms with Crippen molar-refractivity contribution < 1.29 is 14.6 Å². The Morgan fingerprint density at radius 1 is 1.27 bits per heavy atom. The third-order valence-corrected chi connectivity index (χ3v) is 2.09. The minimum absolute atomic E-state index is 0.182. The van der Waals surface area contributed by atoms with Gasteiger partial charge in [-0.2, -0.15) is 0 Å². The maximum atomic E-state index is 10.7. The Morgan fingerprint density at radius 2 is 2.07 bits per heavy atom. The number of hydrogen-bond donors (Lipinski definition) is 1. The lowest BCUT2D eigenvalue weighted by molar-refractivity contribution is -0.131. The molecule has 0 unspecified atom stereocenters. The van der Waals surface area contributed by atoms with E-state index in [0.717, 1.165) is 5.39 Å². The van der Waals surface area contributed by atoms with Crippen LogP contribution in [-0.4, -0.2) is 11.1 Å². The second-order valence-electron chi connectivity index (χ2n) is 3.25. The molecule has 76 valence electrons. The van der Waals surface area contributed by atoms with E-state index in [1.165, 1.54) is 6.92 Å². The number of carbonyl (C=O) groups excluding carboxylic acids is 1. The van der Waals surface area contributed by atoms with E-state index in [1.807, 2.05) is 6.07 Å². The molecule has 2 aromatic rings. The van der Waals surface area contributed by atoms with E-state index in [2.05, 4.69) is 0 Å². The van der Waals surface area contributed by atoms with Gasteiger partial charge in [0, 0.05) is 12.3 Å². The van der Waals surface area contributed by atoms with Crippen LogP contribution in [0.15, 0.2) is 36.4 Å². The first-order valence-corrected chi connectivity index (χ1v) is 4.57. The number of benzene rings is 2. The highest BCUT2D eigenvalue weighted by Crippen LogP contribution is 2.27. The lowest BCUT2D eigenvalue weighted by atomic mass is 10.1. The van der Waals surface area contributed by atoms with Gasteiger partial charge in [-0.25, -0.2) is 0 Å². The summed E-state index contributed by atoms with van der Waals surface area (Å²) >= 11 is 0. The maximum absolute atomic E-state index is 10.7. The largest absolute Gasteiger partial charge is 0.507 e. The molecule has 0 amide bonds. The summed E-state index contributed by atoms with van der Waals surface area (Å²) in [5.41, 5.74) is 0. The average molecular weight is 202 g/mol. The van der Waals surface area contributed by atoms with Crippen LogP contribution >= 0.6 is 0 Å². The van der Waals surface area contributed by atoms with Crippen LogP contribution in [0.5, 0.6) is 11.5 Å². The molecular weight excluding hydrogens is 192 g/mol. The van der Waals surface area contributed by atoms with Gasteiger partial charge in [0.15, 0.2) is 0 Å². The van der Waals surface area contributed by atoms with Crippen LogP contribution in [0.25, 0.3) is 10.8 Å². The van der Waals surface area contributed by atoms with Gasteiger partial charge in [0.25, 0.3) is 0 Å². The van der Waals surface area contributed by atoms with Crippen molar-refractivity contribution in [3.05, 3.63) is 36.4 Å². The second-order valence-corrected chi connectivity index (χ2v) is 3.25. The van der Waals surface area contributed by atoms with Gasteiger partial charge in [0.1, 0.15) is 11.5 Å². The Labute approximate surface area is 86.9 Å². The minimum Gasteiger partial charge on any atom is -0.507 e. The summed E-state index contributed by atoms with van der Waals surface area (Å²) in [4.78, 5) is 10.7. The van der Waals surface area contributed by atoms with E-state index in [9.17, 15) is 9.90 Å². The molecule has 0 fully saturated rings. The number of hydrogen-bond acceptors (Lipinski definition) is 3. The second kappa shape index (κ2) is 3.61. The van der Waals surface area contributed by atoms with Gasteiger partial charge in [-0.3, -0.25) is 4.79 Å². The van der Waals surface area contributed by atoms with Crippen molar-refractivity contribution in [2.75, 3.05) is 0 Å². The van der Waals surface area contributed by atoms with Gasteiger partial charge >= 0.3 is 5.97 Å². The molecule has 0 radical (unpaired) electrons. The van der Waals surface area contributed by atoms with E-state index >= 15 is 0 Å².